The number of anilines is 1. The highest BCUT2D eigenvalue weighted by Crippen LogP contribution is 2.31. The Morgan fingerprint density at radius 1 is 1.19 bits per heavy atom. The summed E-state index contributed by atoms with van der Waals surface area (Å²) in [6.07, 6.45) is 0.999. The van der Waals surface area contributed by atoms with Crippen LogP contribution < -0.4 is 4.90 Å². The molecule has 0 aliphatic carbocycles. The Hall–Kier alpha value is -2.29. The summed E-state index contributed by atoms with van der Waals surface area (Å²) in [6, 6.07) is 13.2. The smallest absolute Gasteiger partial charge is 0.258 e. The number of carbonyl (C=O) groups excluding carboxylic acids is 1. The number of rotatable bonds is 1. The normalized spacial score (nSPS) is 17.4. The number of carbonyl (C=O) groups is 1. The van der Waals surface area contributed by atoms with Crippen LogP contribution in [0.15, 0.2) is 42.5 Å². The molecule has 0 fully saturated rings. The number of phenolic OH excluding ortho intramolecular Hbond substituents is 1. The van der Waals surface area contributed by atoms with Crippen molar-refractivity contribution in [2.75, 3.05) is 11.4 Å². The maximum Gasteiger partial charge on any atom is 0.258 e. The summed E-state index contributed by atoms with van der Waals surface area (Å²) in [4.78, 5) is 14.7. The zero-order valence-electron chi connectivity index (χ0n) is 12.3. The lowest BCUT2D eigenvalue weighted by atomic mass is 9.93. The largest absolute Gasteiger partial charge is 0.508 e. The van der Waals surface area contributed by atoms with Gasteiger partial charge in [-0.3, -0.25) is 4.79 Å². The summed E-state index contributed by atoms with van der Waals surface area (Å²) >= 11 is 0. The van der Waals surface area contributed by atoms with Gasteiger partial charge in [0.15, 0.2) is 0 Å². The van der Waals surface area contributed by atoms with E-state index in [-0.39, 0.29) is 11.7 Å². The lowest BCUT2D eigenvalue weighted by molar-refractivity contribution is 0.0980. The standard InChI is InChI=1S/C18H19NO2/c1-12-10-14-6-3-4-8-16(14)19(11-12)18(21)15-7-5-9-17(20)13(15)2/h3-9,12,20H,10-11H2,1-2H3. The molecule has 0 bridgehead atoms. The Bertz CT molecular complexity index is 693. The molecule has 1 atom stereocenters. The van der Waals surface area contributed by atoms with Gasteiger partial charge in [0.1, 0.15) is 5.75 Å². The zero-order chi connectivity index (χ0) is 15.0. The van der Waals surface area contributed by atoms with Crippen LogP contribution in [-0.4, -0.2) is 17.6 Å². The average Bonchev–Trinajstić information content (AvgIpc) is 2.48. The van der Waals surface area contributed by atoms with Crippen molar-refractivity contribution in [1.82, 2.24) is 0 Å². The summed E-state index contributed by atoms with van der Waals surface area (Å²) in [5.41, 5.74) is 3.41. The Balaban J connectivity index is 2.04. The van der Waals surface area contributed by atoms with E-state index in [1.54, 1.807) is 25.1 Å². The molecule has 1 unspecified atom stereocenters. The minimum atomic E-state index is -0.0394. The molecule has 3 heteroatoms. The first-order valence-corrected chi connectivity index (χ1v) is 7.26. The van der Waals surface area contributed by atoms with E-state index in [1.165, 1.54) is 5.56 Å². The van der Waals surface area contributed by atoms with Crippen LogP contribution in [-0.2, 0) is 6.42 Å². The Kier molecular flexibility index (Phi) is 3.42. The Labute approximate surface area is 124 Å². The van der Waals surface area contributed by atoms with E-state index in [1.807, 2.05) is 23.1 Å². The number of amides is 1. The van der Waals surface area contributed by atoms with Crippen LogP contribution in [0.2, 0.25) is 0 Å². The van der Waals surface area contributed by atoms with Crippen molar-refractivity contribution in [3.05, 3.63) is 59.2 Å². The molecule has 2 aromatic carbocycles. The number of nitrogens with zero attached hydrogens (tertiary/aromatic N) is 1. The average molecular weight is 281 g/mol. The van der Waals surface area contributed by atoms with Gasteiger partial charge in [-0.05, 0) is 43.0 Å². The number of hydrogen-bond donors (Lipinski definition) is 1. The predicted octanol–water partition coefficient (Wildman–Crippen LogP) is 3.54. The van der Waals surface area contributed by atoms with E-state index in [2.05, 4.69) is 13.0 Å². The fourth-order valence-corrected chi connectivity index (χ4v) is 2.99. The number of fused-ring (bicyclic) bond motifs is 1. The van der Waals surface area contributed by atoms with Crippen molar-refractivity contribution in [2.24, 2.45) is 5.92 Å². The fourth-order valence-electron chi connectivity index (χ4n) is 2.99. The molecule has 1 amide bonds. The molecule has 3 nitrogen and oxygen atoms in total. The minimum Gasteiger partial charge on any atom is -0.508 e. The molecular weight excluding hydrogens is 262 g/mol. The van der Waals surface area contributed by atoms with Crippen molar-refractivity contribution in [3.63, 3.8) is 0 Å². The summed E-state index contributed by atoms with van der Waals surface area (Å²) in [6.45, 7) is 4.65. The molecule has 1 N–H and O–H groups in total. The minimum absolute atomic E-state index is 0.0394. The molecule has 0 saturated carbocycles. The first-order chi connectivity index (χ1) is 10.1. The van der Waals surface area contributed by atoms with Crippen LogP contribution >= 0.6 is 0 Å². The predicted molar refractivity (Wildman–Crippen MR) is 83.8 cm³/mol. The molecule has 108 valence electrons. The first-order valence-electron chi connectivity index (χ1n) is 7.26. The van der Waals surface area contributed by atoms with Gasteiger partial charge in [-0.25, -0.2) is 0 Å². The lowest BCUT2D eigenvalue weighted by Gasteiger charge is -2.33. The summed E-state index contributed by atoms with van der Waals surface area (Å²) < 4.78 is 0. The lowest BCUT2D eigenvalue weighted by Crippen LogP contribution is -2.39. The van der Waals surface area contributed by atoms with Crippen LogP contribution in [0, 0.1) is 12.8 Å². The summed E-state index contributed by atoms with van der Waals surface area (Å²) in [5.74, 6) is 0.558. The highest BCUT2D eigenvalue weighted by Gasteiger charge is 2.27. The third kappa shape index (κ3) is 2.40. The third-order valence-corrected chi connectivity index (χ3v) is 4.13. The fraction of sp³-hybridized carbons (Fsp3) is 0.278. The quantitative estimate of drug-likeness (QED) is 0.868. The summed E-state index contributed by atoms with van der Waals surface area (Å²) in [7, 11) is 0. The van der Waals surface area contributed by atoms with Gasteiger partial charge in [0.25, 0.3) is 5.91 Å². The van der Waals surface area contributed by atoms with Gasteiger partial charge in [-0.15, -0.1) is 0 Å². The molecule has 1 aliphatic heterocycles. The van der Waals surface area contributed by atoms with Crippen molar-refractivity contribution >= 4 is 11.6 Å². The zero-order valence-corrected chi connectivity index (χ0v) is 12.3. The second-order valence-electron chi connectivity index (χ2n) is 5.80. The maximum absolute atomic E-state index is 12.9. The molecular formula is C18H19NO2. The van der Waals surface area contributed by atoms with Crippen LogP contribution in [0.3, 0.4) is 0 Å². The SMILES string of the molecule is Cc1c(O)cccc1C(=O)N1CC(C)Cc2ccccc21. The van der Waals surface area contributed by atoms with Gasteiger partial charge in [0, 0.05) is 23.4 Å². The molecule has 0 radical (unpaired) electrons. The number of aromatic hydroxyl groups is 1. The van der Waals surface area contributed by atoms with Crippen molar-refractivity contribution in [1.29, 1.82) is 0 Å². The van der Waals surface area contributed by atoms with E-state index in [0.29, 0.717) is 23.6 Å². The van der Waals surface area contributed by atoms with E-state index < -0.39 is 0 Å². The molecule has 3 rings (SSSR count). The van der Waals surface area contributed by atoms with Crippen molar-refractivity contribution in [2.45, 2.75) is 20.3 Å². The van der Waals surface area contributed by atoms with Gasteiger partial charge >= 0.3 is 0 Å². The number of hydrogen-bond acceptors (Lipinski definition) is 2. The van der Waals surface area contributed by atoms with Gasteiger partial charge in [0.05, 0.1) is 0 Å². The highest BCUT2D eigenvalue weighted by molar-refractivity contribution is 6.08. The second kappa shape index (κ2) is 5.24. The van der Waals surface area contributed by atoms with Crippen LogP contribution in [0.5, 0.6) is 5.75 Å². The number of phenols is 1. The van der Waals surface area contributed by atoms with Crippen LogP contribution in [0.4, 0.5) is 5.69 Å². The molecule has 1 heterocycles. The molecule has 0 aromatic heterocycles. The maximum atomic E-state index is 12.9. The van der Waals surface area contributed by atoms with E-state index >= 15 is 0 Å². The van der Waals surface area contributed by atoms with E-state index in [9.17, 15) is 9.90 Å². The molecule has 0 spiro atoms. The van der Waals surface area contributed by atoms with Crippen LogP contribution in [0.1, 0.15) is 28.4 Å². The van der Waals surface area contributed by atoms with Gasteiger partial charge in [0.2, 0.25) is 0 Å². The van der Waals surface area contributed by atoms with Gasteiger partial charge in [-0.1, -0.05) is 31.2 Å². The van der Waals surface area contributed by atoms with Crippen molar-refractivity contribution in [3.8, 4) is 5.75 Å². The first kappa shape index (κ1) is 13.7. The van der Waals surface area contributed by atoms with E-state index in [0.717, 1.165) is 12.1 Å². The number of para-hydroxylation sites is 1. The van der Waals surface area contributed by atoms with Gasteiger partial charge < -0.3 is 10.0 Å². The van der Waals surface area contributed by atoms with Crippen molar-refractivity contribution < 1.29 is 9.90 Å². The monoisotopic (exact) mass is 281 g/mol. The highest BCUT2D eigenvalue weighted by atomic mass is 16.3. The molecule has 2 aromatic rings. The number of benzene rings is 2. The Morgan fingerprint density at radius 3 is 2.76 bits per heavy atom. The van der Waals surface area contributed by atoms with Crippen LogP contribution in [0.25, 0.3) is 0 Å². The molecule has 1 aliphatic rings. The molecule has 21 heavy (non-hydrogen) atoms. The summed E-state index contributed by atoms with van der Waals surface area (Å²) in [5, 5.41) is 9.82. The Morgan fingerprint density at radius 2 is 1.95 bits per heavy atom. The molecule has 0 saturated heterocycles. The second-order valence-corrected chi connectivity index (χ2v) is 5.80. The third-order valence-electron chi connectivity index (χ3n) is 4.13. The van der Waals surface area contributed by atoms with Gasteiger partial charge in [-0.2, -0.15) is 0 Å². The van der Waals surface area contributed by atoms with E-state index in [4.69, 9.17) is 0 Å². The topological polar surface area (TPSA) is 40.5 Å².